The molecule has 0 radical (unpaired) electrons. The maximum absolute atomic E-state index is 10.2. The number of ether oxygens (including phenoxy) is 1. The number of aliphatic hydroxyl groups is 4. The van der Waals surface area contributed by atoms with Crippen LogP contribution in [-0.4, -0.2) is 66.1 Å². The van der Waals surface area contributed by atoms with Gasteiger partial charge in [-0.15, -0.1) is 0 Å². The van der Waals surface area contributed by atoms with Crippen molar-refractivity contribution < 1.29 is 29.6 Å². The van der Waals surface area contributed by atoms with E-state index in [4.69, 9.17) is 9.16 Å². The normalized spacial score (nSPS) is 34.0. The van der Waals surface area contributed by atoms with Gasteiger partial charge >= 0.3 is 0 Å². The van der Waals surface area contributed by atoms with E-state index in [9.17, 15) is 20.4 Å². The molecule has 0 aromatic carbocycles. The average molecular weight is 337 g/mol. The quantitative estimate of drug-likeness (QED) is 0.540. The molecule has 1 heterocycles. The lowest BCUT2D eigenvalue weighted by atomic mass is 10.00. The molecule has 22 heavy (non-hydrogen) atoms. The minimum Gasteiger partial charge on any atom is -0.394 e. The lowest BCUT2D eigenvalue weighted by Crippen LogP contribution is -2.63. The van der Waals surface area contributed by atoms with Gasteiger partial charge in [-0.25, -0.2) is 0 Å². The van der Waals surface area contributed by atoms with E-state index in [-0.39, 0.29) is 0 Å². The fourth-order valence-electron chi connectivity index (χ4n) is 3.77. The van der Waals surface area contributed by atoms with Gasteiger partial charge in [0.15, 0.2) is 6.29 Å². The Morgan fingerprint density at radius 2 is 1.32 bits per heavy atom. The molecule has 4 N–H and O–H groups in total. The van der Waals surface area contributed by atoms with Crippen LogP contribution in [0.2, 0.25) is 16.6 Å². The third-order valence-electron chi connectivity index (χ3n) is 4.88. The zero-order valence-electron chi connectivity index (χ0n) is 14.4. The molecule has 0 aromatic heterocycles. The second kappa shape index (κ2) is 7.70. The lowest BCUT2D eigenvalue weighted by molar-refractivity contribution is -0.281. The third kappa shape index (κ3) is 3.56. The Hall–Kier alpha value is -0.0231. The van der Waals surface area contributed by atoms with Crippen LogP contribution < -0.4 is 0 Å². The predicted octanol–water partition coefficient (Wildman–Crippen LogP) is 0.978. The summed E-state index contributed by atoms with van der Waals surface area (Å²) in [5, 5.41) is 39.3. The van der Waals surface area contributed by atoms with Crippen molar-refractivity contribution >= 4 is 8.32 Å². The third-order valence-corrected chi connectivity index (χ3v) is 10.9. The standard InChI is InChI=1S/C15H32O6Si/c1-8(2)22(9(3)4,10(5)6)21-15-14(19)13(18)12(17)11(7-16)20-15/h8-19H,7H2,1-6H3/t11-,12+,13+,14-,15?/m1/s1. The first-order valence-corrected chi connectivity index (χ1v) is 10.2. The van der Waals surface area contributed by atoms with Crippen LogP contribution in [-0.2, 0) is 9.16 Å². The van der Waals surface area contributed by atoms with Gasteiger partial charge in [0.25, 0.3) is 0 Å². The summed E-state index contributed by atoms with van der Waals surface area (Å²) in [6.45, 7) is 12.2. The minimum absolute atomic E-state index is 0.292. The second-order valence-electron chi connectivity index (χ2n) is 7.13. The minimum atomic E-state index is -2.31. The van der Waals surface area contributed by atoms with Gasteiger partial charge in [-0.05, 0) is 16.6 Å². The van der Waals surface area contributed by atoms with E-state index < -0.39 is 45.6 Å². The molecule has 0 aliphatic carbocycles. The summed E-state index contributed by atoms with van der Waals surface area (Å²) >= 11 is 0. The highest BCUT2D eigenvalue weighted by atomic mass is 28.4. The van der Waals surface area contributed by atoms with Gasteiger partial charge in [0.1, 0.15) is 24.4 Å². The monoisotopic (exact) mass is 336 g/mol. The van der Waals surface area contributed by atoms with Crippen molar-refractivity contribution in [2.24, 2.45) is 0 Å². The van der Waals surface area contributed by atoms with Crippen molar-refractivity contribution in [3.63, 3.8) is 0 Å². The Morgan fingerprint density at radius 1 is 0.864 bits per heavy atom. The summed E-state index contributed by atoms with van der Waals surface area (Å²) in [5.41, 5.74) is 0.875. The summed E-state index contributed by atoms with van der Waals surface area (Å²) in [4.78, 5) is 0. The van der Waals surface area contributed by atoms with Gasteiger partial charge in [-0.3, -0.25) is 0 Å². The summed E-state index contributed by atoms with van der Waals surface area (Å²) in [6.07, 6.45) is -6.04. The fourth-order valence-corrected chi connectivity index (χ4v) is 9.19. The van der Waals surface area contributed by atoms with E-state index in [2.05, 4.69) is 41.5 Å². The van der Waals surface area contributed by atoms with Crippen molar-refractivity contribution in [2.75, 3.05) is 6.61 Å². The van der Waals surface area contributed by atoms with Crippen molar-refractivity contribution in [1.29, 1.82) is 0 Å². The highest BCUT2D eigenvalue weighted by Gasteiger charge is 2.52. The maximum Gasteiger partial charge on any atom is 0.203 e. The Morgan fingerprint density at radius 3 is 1.68 bits per heavy atom. The smallest absolute Gasteiger partial charge is 0.203 e. The zero-order chi connectivity index (χ0) is 17.2. The lowest BCUT2D eigenvalue weighted by Gasteiger charge is -2.48. The average Bonchev–Trinajstić information content (AvgIpc) is 2.43. The number of hydrogen-bond donors (Lipinski definition) is 4. The van der Waals surface area contributed by atoms with E-state index in [0.29, 0.717) is 16.6 Å². The van der Waals surface area contributed by atoms with E-state index >= 15 is 0 Å². The predicted molar refractivity (Wildman–Crippen MR) is 85.9 cm³/mol. The maximum atomic E-state index is 10.2. The van der Waals surface area contributed by atoms with Crippen LogP contribution in [0.25, 0.3) is 0 Å². The van der Waals surface area contributed by atoms with Gasteiger partial charge < -0.3 is 29.6 Å². The highest BCUT2D eigenvalue weighted by molar-refractivity contribution is 6.77. The Labute approximate surface area is 134 Å². The summed E-state index contributed by atoms with van der Waals surface area (Å²) in [5.74, 6) is 0. The molecule has 0 amide bonds. The SMILES string of the molecule is CC(C)[Si](OC1O[C@H](CO)[C@H](O)[C@H](O)[C@H]1O)(C(C)C)C(C)C. The van der Waals surface area contributed by atoms with E-state index in [1.165, 1.54) is 0 Å². The van der Waals surface area contributed by atoms with Crippen molar-refractivity contribution in [3.05, 3.63) is 0 Å². The molecule has 5 atom stereocenters. The molecule has 0 bridgehead atoms. The molecular formula is C15H32O6Si. The molecule has 1 unspecified atom stereocenters. The number of rotatable bonds is 6. The van der Waals surface area contributed by atoms with Crippen LogP contribution in [0, 0.1) is 0 Å². The van der Waals surface area contributed by atoms with Gasteiger partial charge in [0.2, 0.25) is 8.32 Å². The molecule has 1 aliphatic rings. The Balaban J connectivity index is 3.06. The van der Waals surface area contributed by atoms with Crippen LogP contribution in [0.1, 0.15) is 41.5 Å². The molecule has 132 valence electrons. The molecule has 1 saturated heterocycles. The second-order valence-corrected chi connectivity index (χ2v) is 12.5. The molecule has 7 heteroatoms. The van der Waals surface area contributed by atoms with Crippen LogP contribution in [0.15, 0.2) is 0 Å². The molecular weight excluding hydrogens is 304 g/mol. The van der Waals surface area contributed by atoms with Crippen molar-refractivity contribution in [2.45, 2.75) is 88.9 Å². The van der Waals surface area contributed by atoms with Gasteiger partial charge in [0, 0.05) is 0 Å². The van der Waals surface area contributed by atoms with E-state index in [1.807, 2.05) is 0 Å². The molecule has 1 fully saturated rings. The summed E-state index contributed by atoms with van der Waals surface area (Å²) < 4.78 is 11.8. The van der Waals surface area contributed by atoms with Crippen LogP contribution in [0.4, 0.5) is 0 Å². The van der Waals surface area contributed by atoms with Crippen LogP contribution in [0.3, 0.4) is 0 Å². The summed E-state index contributed by atoms with van der Waals surface area (Å²) in [6, 6.07) is 0. The van der Waals surface area contributed by atoms with E-state index in [1.54, 1.807) is 0 Å². The fraction of sp³-hybridized carbons (Fsp3) is 1.00. The van der Waals surface area contributed by atoms with E-state index in [0.717, 1.165) is 0 Å². The Bertz CT molecular complexity index is 325. The highest BCUT2D eigenvalue weighted by Crippen LogP contribution is 2.44. The molecule has 0 saturated carbocycles. The van der Waals surface area contributed by atoms with Gasteiger partial charge in [0.05, 0.1) is 6.61 Å². The first-order valence-electron chi connectivity index (χ1n) is 8.07. The number of hydrogen-bond acceptors (Lipinski definition) is 6. The van der Waals surface area contributed by atoms with Gasteiger partial charge in [-0.1, -0.05) is 41.5 Å². The largest absolute Gasteiger partial charge is 0.394 e. The molecule has 0 spiro atoms. The van der Waals surface area contributed by atoms with Gasteiger partial charge in [-0.2, -0.15) is 0 Å². The first kappa shape index (κ1) is 20.0. The zero-order valence-corrected chi connectivity index (χ0v) is 15.4. The first-order chi connectivity index (χ1) is 10.1. The molecule has 6 nitrogen and oxygen atoms in total. The van der Waals surface area contributed by atoms with Crippen LogP contribution >= 0.6 is 0 Å². The molecule has 0 aromatic rings. The topological polar surface area (TPSA) is 99.4 Å². The number of aliphatic hydroxyl groups excluding tert-OH is 4. The van der Waals surface area contributed by atoms with Crippen LogP contribution in [0.5, 0.6) is 0 Å². The molecule has 1 aliphatic heterocycles. The summed E-state index contributed by atoms with van der Waals surface area (Å²) in [7, 11) is -2.31. The molecule has 1 rings (SSSR count). The van der Waals surface area contributed by atoms with Crippen molar-refractivity contribution in [1.82, 2.24) is 0 Å². The van der Waals surface area contributed by atoms with Crippen molar-refractivity contribution in [3.8, 4) is 0 Å². The Kier molecular flexibility index (Phi) is 7.01.